The fourth-order valence-electron chi connectivity index (χ4n) is 9.33. The normalized spacial score (nSPS) is 12.6. The van der Waals surface area contributed by atoms with Crippen LogP contribution in [0.5, 0.6) is 0 Å². The Bertz CT molecular complexity index is 3420. The van der Waals surface area contributed by atoms with Gasteiger partial charge in [0.25, 0.3) is 0 Å². The summed E-state index contributed by atoms with van der Waals surface area (Å²) in [6.45, 7) is 2.14. The van der Waals surface area contributed by atoms with Crippen LogP contribution in [-0.2, 0) is 12.8 Å². The maximum atomic E-state index is 6.64. The molecule has 1 aliphatic carbocycles. The summed E-state index contributed by atoms with van der Waals surface area (Å²) in [5.41, 5.74) is 14.8. The van der Waals surface area contributed by atoms with E-state index in [9.17, 15) is 0 Å². The first kappa shape index (κ1) is 37.1. The van der Waals surface area contributed by atoms with Crippen molar-refractivity contribution in [3.05, 3.63) is 245 Å². The minimum atomic E-state index is 0.744. The Morgan fingerprint density at radius 2 is 1.27 bits per heavy atom. The molecule has 296 valence electrons. The van der Waals surface area contributed by atoms with Crippen molar-refractivity contribution in [2.24, 2.45) is 0 Å². The van der Waals surface area contributed by atoms with Crippen molar-refractivity contribution in [1.29, 1.82) is 0 Å². The number of benzene rings is 8. The number of anilines is 2. The molecule has 0 bridgehead atoms. The predicted octanol–water partition coefficient (Wildman–Crippen LogP) is 13.9. The van der Waals surface area contributed by atoms with Crippen LogP contribution in [0.4, 0.5) is 11.4 Å². The molecule has 10 aromatic rings. The van der Waals surface area contributed by atoms with Gasteiger partial charge in [0.2, 0.25) is 0 Å². The number of allylic oxidation sites excluding steroid dienone is 3. The summed E-state index contributed by atoms with van der Waals surface area (Å²) < 4.78 is 9.03. The highest BCUT2D eigenvalue weighted by atomic mass is 16.3. The van der Waals surface area contributed by atoms with E-state index < -0.39 is 0 Å². The van der Waals surface area contributed by atoms with Gasteiger partial charge in [0.15, 0.2) is 0 Å². The van der Waals surface area contributed by atoms with Crippen molar-refractivity contribution in [3.8, 4) is 27.9 Å². The highest BCUT2D eigenvalue weighted by Crippen LogP contribution is 2.43. The standard InChI is InChI=1S/C59H44N2O/c1-2-46(23-14-17-41-18-15-24-48(39-41)61-55-30-12-8-25-49(55)50-26-9-13-31-56(50)61)60(47-36-33-44(34-37-47)42-19-4-3-5-20-42)54-29-11-10-27-51(54)52-28-16-32-58-59(52)53-40-45-22-7-6-21-43(45)35-38-57(53)62-58/h2-16,18-37,39-40H,17,38H2,1H3/b23-14-,46-2+. The number of nitrogens with zero attached hydrogens (tertiary/aromatic N) is 2. The second-order valence-electron chi connectivity index (χ2n) is 15.9. The van der Waals surface area contributed by atoms with Crippen molar-refractivity contribution >= 4 is 56.3 Å². The number of hydrogen-bond acceptors (Lipinski definition) is 2. The molecule has 2 heterocycles. The number of furan rings is 1. The van der Waals surface area contributed by atoms with E-state index in [0.29, 0.717) is 0 Å². The molecule has 1 aliphatic rings. The number of aromatic nitrogens is 1. The molecular formula is C59H44N2O. The van der Waals surface area contributed by atoms with Gasteiger partial charge in [-0.2, -0.15) is 0 Å². The Labute approximate surface area is 361 Å². The molecule has 3 nitrogen and oxygen atoms in total. The fraction of sp³-hybridized carbons (Fsp3) is 0.0508. The summed E-state index contributed by atoms with van der Waals surface area (Å²) in [6, 6.07) is 69.8. The third-order valence-corrected chi connectivity index (χ3v) is 12.2. The highest BCUT2D eigenvalue weighted by Gasteiger charge is 2.22. The van der Waals surface area contributed by atoms with E-state index in [1.165, 1.54) is 54.6 Å². The number of rotatable bonds is 9. The van der Waals surface area contributed by atoms with Crippen LogP contribution in [0.1, 0.15) is 23.8 Å². The first-order chi connectivity index (χ1) is 30.7. The van der Waals surface area contributed by atoms with Gasteiger partial charge < -0.3 is 13.9 Å². The summed E-state index contributed by atoms with van der Waals surface area (Å²) >= 11 is 0. The van der Waals surface area contributed by atoms with E-state index in [-0.39, 0.29) is 0 Å². The Hall–Kier alpha value is -7.88. The van der Waals surface area contributed by atoms with Gasteiger partial charge in [-0.3, -0.25) is 0 Å². The van der Waals surface area contributed by atoms with Crippen LogP contribution >= 0.6 is 0 Å². The van der Waals surface area contributed by atoms with Gasteiger partial charge in [-0.1, -0.05) is 164 Å². The molecule has 0 fully saturated rings. The third kappa shape index (κ3) is 6.65. The molecule has 0 unspecified atom stereocenters. The quantitative estimate of drug-likeness (QED) is 0.136. The summed E-state index contributed by atoms with van der Waals surface area (Å²) in [4.78, 5) is 2.40. The van der Waals surface area contributed by atoms with Gasteiger partial charge in [0, 0.05) is 50.8 Å². The Morgan fingerprint density at radius 1 is 0.613 bits per heavy atom. The highest BCUT2D eigenvalue weighted by molar-refractivity contribution is 6.09. The molecule has 0 atom stereocenters. The topological polar surface area (TPSA) is 21.3 Å². The van der Waals surface area contributed by atoms with Gasteiger partial charge in [-0.05, 0) is 107 Å². The van der Waals surface area contributed by atoms with Crippen LogP contribution in [0.3, 0.4) is 0 Å². The lowest BCUT2D eigenvalue weighted by Gasteiger charge is -2.29. The molecule has 8 aromatic carbocycles. The molecular weight excluding hydrogens is 753 g/mol. The van der Waals surface area contributed by atoms with Crippen LogP contribution in [-0.4, -0.2) is 4.57 Å². The summed E-state index contributed by atoms with van der Waals surface area (Å²) in [5.74, 6) is 0.994. The molecule has 62 heavy (non-hydrogen) atoms. The van der Waals surface area contributed by atoms with Crippen molar-refractivity contribution in [1.82, 2.24) is 4.57 Å². The molecule has 3 heteroatoms. The third-order valence-electron chi connectivity index (χ3n) is 12.2. The average molecular weight is 797 g/mol. The molecule has 2 aromatic heterocycles. The van der Waals surface area contributed by atoms with E-state index in [1.54, 1.807) is 0 Å². The zero-order valence-electron chi connectivity index (χ0n) is 34.6. The van der Waals surface area contributed by atoms with Crippen molar-refractivity contribution in [3.63, 3.8) is 0 Å². The lowest BCUT2D eigenvalue weighted by Crippen LogP contribution is -2.22. The summed E-state index contributed by atoms with van der Waals surface area (Å²) in [5, 5.41) is 6.12. The zero-order valence-corrected chi connectivity index (χ0v) is 34.6. The molecule has 0 saturated carbocycles. The number of fused-ring (bicyclic) bond motifs is 7. The van der Waals surface area contributed by atoms with Gasteiger partial charge in [-0.15, -0.1) is 0 Å². The molecule has 0 radical (unpaired) electrons. The SMILES string of the molecule is C/C=C(\C=C/Cc1cccc(-n2c3ccccc3c3ccccc32)c1)N(c1ccc(-c2ccccc2)cc1)c1ccccc1-c1cccc2oc3c(c12)C=c1ccccc1=CC3. The minimum absolute atomic E-state index is 0.744. The zero-order chi connectivity index (χ0) is 41.4. The molecule has 0 aliphatic heterocycles. The largest absolute Gasteiger partial charge is 0.460 e. The van der Waals surface area contributed by atoms with Gasteiger partial charge in [-0.25, -0.2) is 0 Å². The Kier molecular flexibility index (Phi) is 9.55. The lowest BCUT2D eigenvalue weighted by molar-refractivity contribution is 0.568. The predicted molar refractivity (Wildman–Crippen MR) is 260 cm³/mol. The minimum Gasteiger partial charge on any atom is -0.460 e. The van der Waals surface area contributed by atoms with Crippen LogP contribution in [0.25, 0.3) is 72.9 Å². The Balaban J connectivity index is 1.00. The van der Waals surface area contributed by atoms with Crippen LogP contribution in [0.2, 0.25) is 0 Å². The van der Waals surface area contributed by atoms with Crippen LogP contribution < -0.4 is 15.3 Å². The maximum absolute atomic E-state index is 6.64. The van der Waals surface area contributed by atoms with E-state index in [2.05, 4.69) is 241 Å². The smallest absolute Gasteiger partial charge is 0.135 e. The maximum Gasteiger partial charge on any atom is 0.135 e. The van der Waals surface area contributed by atoms with E-state index >= 15 is 0 Å². The fourth-order valence-corrected chi connectivity index (χ4v) is 9.33. The molecule has 0 amide bonds. The van der Waals surface area contributed by atoms with Gasteiger partial charge in [0.1, 0.15) is 11.3 Å². The molecule has 0 N–H and O–H groups in total. The van der Waals surface area contributed by atoms with Gasteiger partial charge >= 0.3 is 0 Å². The van der Waals surface area contributed by atoms with Crippen molar-refractivity contribution in [2.75, 3.05) is 4.90 Å². The Morgan fingerprint density at radius 3 is 2.06 bits per heavy atom. The number of para-hydroxylation sites is 3. The average Bonchev–Trinajstić information content (AvgIpc) is 3.80. The van der Waals surface area contributed by atoms with E-state index in [0.717, 1.165) is 63.3 Å². The molecule has 0 spiro atoms. The van der Waals surface area contributed by atoms with Crippen molar-refractivity contribution < 1.29 is 4.42 Å². The van der Waals surface area contributed by atoms with E-state index in [4.69, 9.17) is 4.42 Å². The van der Waals surface area contributed by atoms with E-state index in [1.807, 2.05) is 0 Å². The summed E-state index contributed by atoms with van der Waals surface area (Å²) in [6.07, 6.45) is 12.9. The monoisotopic (exact) mass is 796 g/mol. The first-order valence-corrected chi connectivity index (χ1v) is 21.5. The number of hydrogen-bond donors (Lipinski definition) is 0. The van der Waals surface area contributed by atoms with Crippen LogP contribution in [0, 0.1) is 0 Å². The van der Waals surface area contributed by atoms with Crippen LogP contribution in [0.15, 0.2) is 222 Å². The van der Waals surface area contributed by atoms with Crippen molar-refractivity contribution in [2.45, 2.75) is 19.8 Å². The van der Waals surface area contributed by atoms with Gasteiger partial charge in [0.05, 0.1) is 16.7 Å². The molecule has 0 saturated heterocycles. The first-order valence-electron chi connectivity index (χ1n) is 21.5. The second-order valence-corrected chi connectivity index (χ2v) is 15.9. The molecule has 11 rings (SSSR count). The second kappa shape index (κ2) is 15.9. The lowest BCUT2D eigenvalue weighted by atomic mass is 9.95. The summed E-state index contributed by atoms with van der Waals surface area (Å²) in [7, 11) is 0.